The predicted octanol–water partition coefficient (Wildman–Crippen LogP) is 1.36. The van der Waals surface area contributed by atoms with Crippen molar-refractivity contribution in [1.29, 1.82) is 0 Å². The van der Waals surface area contributed by atoms with E-state index in [1.807, 2.05) is 0 Å². The zero-order valence-corrected chi connectivity index (χ0v) is 14.7. The van der Waals surface area contributed by atoms with Crippen LogP contribution in [0.5, 0.6) is 0 Å². The molecule has 6 N–H and O–H groups in total. The third-order valence-corrected chi connectivity index (χ3v) is 2.19. The van der Waals surface area contributed by atoms with Gasteiger partial charge in [0.25, 0.3) is 6.48 Å². The molecular formula is C16H28O9. The van der Waals surface area contributed by atoms with E-state index >= 15 is 0 Å². The highest BCUT2D eigenvalue weighted by molar-refractivity contribution is 5.86. The molecule has 0 rings (SSSR count). The molecule has 0 atom stereocenters. The molecule has 0 aliphatic carbocycles. The first-order valence-electron chi connectivity index (χ1n) is 7.05. The molecular weight excluding hydrogens is 336 g/mol. The first-order valence-corrected chi connectivity index (χ1v) is 7.05. The number of aliphatic carboxylic acids is 3. The van der Waals surface area contributed by atoms with Crippen molar-refractivity contribution in [3.8, 4) is 0 Å². The van der Waals surface area contributed by atoms with Crippen LogP contribution in [0.3, 0.4) is 0 Å². The molecule has 0 bridgehead atoms. The van der Waals surface area contributed by atoms with Crippen molar-refractivity contribution in [2.45, 2.75) is 46.5 Å². The number of carboxylic acids is 3. The number of carbonyl (C=O) groups is 3. The van der Waals surface area contributed by atoms with Crippen LogP contribution in [0.1, 0.15) is 40.0 Å². The Hall–Kier alpha value is -2.49. The van der Waals surface area contributed by atoms with E-state index in [1.165, 1.54) is 0 Å². The fourth-order valence-electron chi connectivity index (χ4n) is 0.454. The summed E-state index contributed by atoms with van der Waals surface area (Å²) >= 11 is 0. The van der Waals surface area contributed by atoms with Crippen molar-refractivity contribution in [1.82, 2.24) is 0 Å². The van der Waals surface area contributed by atoms with Gasteiger partial charge in [-0.2, -0.15) is 0 Å². The average Bonchev–Trinajstić information content (AvgIpc) is 2.52. The summed E-state index contributed by atoms with van der Waals surface area (Å²) in [5.74, 6) is -2.70. The quantitative estimate of drug-likeness (QED) is 0.300. The highest BCUT2D eigenvalue weighted by Gasteiger charge is 1.97. The summed E-state index contributed by atoms with van der Waals surface area (Å²) in [5, 5.41) is 45.7. The van der Waals surface area contributed by atoms with Gasteiger partial charge in [0.15, 0.2) is 0 Å². The summed E-state index contributed by atoms with van der Waals surface area (Å²) in [6.45, 7) is 12.9. The summed E-state index contributed by atoms with van der Waals surface area (Å²) < 4.78 is 0. The molecule has 0 fully saturated rings. The summed E-state index contributed by atoms with van der Waals surface area (Å²) in [6.07, 6.45) is 1.57. The van der Waals surface area contributed by atoms with Crippen molar-refractivity contribution in [3.63, 3.8) is 0 Å². The van der Waals surface area contributed by atoms with E-state index in [1.54, 1.807) is 20.8 Å². The van der Waals surface area contributed by atoms with Crippen LogP contribution in [0.15, 0.2) is 36.5 Å². The lowest BCUT2D eigenvalue weighted by atomic mass is 10.2. The lowest BCUT2D eigenvalue weighted by Crippen LogP contribution is -1.98. The van der Waals surface area contributed by atoms with Crippen LogP contribution < -0.4 is 0 Å². The van der Waals surface area contributed by atoms with E-state index in [-0.39, 0.29) is 16.7 Å². The lowest BCUT2D eigenvalue weighted by molar-refractivity contribution is -0.198. The molecule has 0 aliphatic heterocycles. The van der Waals surface area contributed by atoms with Gasteiger partial charge in [0, 0.05) is 16.7 Å². The summed E-state index contributed by atoms with van der Waals surface area (Å²) in [7, 11) is 0. The van der Waals surface area contributed by atoms with Crippen LogP contribution in [0, 0.1) is 0 Å². The molecule has 0 aromatic rings. The first-order chi connectivity index (χ1) is 11.3. The lowest BCUT2D eigenvalue weighted by Gasteiger charge is -1.87. The van der Waals surface area contributed by atoms with Gasteiger partial charge in [0.2, 0.25) is 0 Å². The second kappa shape index (κ2) is 19.6. The number of aliphatic hydroxyl groups is 3. The molecule has 0 radical (unpaired) electrons. The molecule has 0 heterocycles. The molecule has 0 unspecified atom stereocenters. The second-order valence-electron chi connectivity index (χ2n) is 4.13. The Morgan fingerprint density at radius 3 is 0.760 bits per heavy atom. The minimum atomic E-state index is -2.17. The topological polar surface area (TPSA) is 173 Å². The minimum Gasteiger partial charge on any atom is -0.478 e. The van der Waals surface area contributed by atoms with E-state index in [0.717, 1.165) is 0 Å². The van der Waals surface area contributed by atoms with Gasteiger partial charge in [-0.3, -0.25) is 0 Å². The third-order valence-electron chi connectivity index (χ3n) is 2.19. The Labute approximate surface area is 146 Å². The van der Waals surface area contributed by atoms with Gasteiger partial charge in [-0.05, 0) is 19.3 Å². The highest BCUT2D eigenvalue weighted by Crippen LogP contribution is 1.94. The van der Waals surface area contributed by atoms with Gasteiger partial charge in [-0.15, -0.1) is 0 Å². The van der Waals surface area contributed by atoms with Gasteiger partial charge >= 0.3 is 17.9 Å². The summed E-state index contributed by atoms with van der Waals surface area (Å²) in [5.41, 5.74) is 0.792. The number of rotatable bonds is 6. The fourth-order valence-corrected chi connectivity index (χ4v) is 0.454. The van der Waals surface area contributed by atoms with Gasteiger partial charge in [0.1, 0.15) is 0 Å². The molecule has 9 nitrogen and oxygen atoms in total. The SMILES string of the molecule is C=C(CC)C(=O)O.C=C(CC)C(=O)O.C=C(CC)C(=O)O.OC(O)O. The maximum atomic E-state index is 9.83. The van der Waals surface area contributed by atoms with E-state index in [4.69, 9.17) is 30.6 Å². The predicted molar refractivity (Wildman–Crippen MR) is 91.6 cm³/mol. The third kappa shape index (κ3) is 34.0. The maximum absolute atomic E-state index is 9.83. The van der Waals surface area contributed by atoms with Gasteiger partial charge in [0.05, 0.1) is 0 Å². The van der Waals surface area contributed by atoms with Crippen LogP contribution >= 0.6 is 0 Å². The largest absolute Gasteiger partial charge is 0.478 e. The summed E-state index contributed by atoms with van der Waals surface area (Å²) in [6, 6.07) is 0. The Bertz CT molecular complexity index is 386. The number of aliphatic hydroxyl groups excluding tert-OH is 1. The van der Waals surface area contributed by atoms with Crippen LogP contribution in [-0.4, -0.2) is 55.0 Å². The highest BCUT2D eigenvalue weighted by atomic mass is 16.6. The molecule has 0 saturated heterocycles. The van der Waals surface area contributed by atoms with Crippen LogP contribution in [0.25, 0.3) is 0 Å². The fraction of sp³-hybridized carbons (Fsp3) is 0.438. The normalized spacial score (nSPS) is 8.28. The van der Waals surface area contributed by atoms with Gasteiger partial charge in [-0.1, -0.05) is 40.5 Å². The first kappa shape index (κ1) is 30.4. The Morgan fingerprint density at radius 1 is 0.640 bits per heavy atom. The molecule has 0 saturated carbocycles. The smallest absolute Gasteiger partial charge is 0.330 e. The van der Waals surface area contributed by atoms with Crippen molar-refractivity contribution in [3.05, 3.63) is 36.5 Å². The van der Waals surface area contributed by atoms with E-state index in [9.17, 15) is 14.4 Å². The van der Waals surface area contributed by atoms with Crippen molar-refractivity contribution >= 4 is 17.9 Å². The molecule has 0 aromatic heterocycles. The molecule has 9 heteroatoms. The Kier molecular flexibility index (Phi) is 23.8. The zero-order valence-electron chi connectivity index (χ0n) is 14.7. The Balaban J connectivity index is -0.000000120. The maximum Gasteiger partial charge on any atom is 0.330 e. The van der Waals surface area contributed by atoms with Gasteiger partial charge in [-0.25, -0.2) is 14.4 Å². The van der Waals surface area contributed by atoms with Gasteiger partial charge < -0.3 is 30.6 Å². The molecule has 0 amide bonds. The van der Waals surface area contributed by atoms with Crippen molar-refractivity contribution in [2.75, 3.05) is 0 Å². The monoisotopic (exact) mass is 364 g/mol. The van der Waals surface area contributed by atoms with E-state index in [0.29, 0.717) is 19.3 Å². The van der Waals surface area contributed by atoms with Crippen LogP contribution in [-0.2, 0) is 14.4 Å². The van der Waals surface area contributed by atoms with Crippen molar-refractivity contribution in [2.24, 2.45) is 0 Å². The number of hydrogen-bond donors (Lipinski definition) is 6. The van der Waals surface area contributed by atoms with E-state index in [2.05, 4.69) is 19.7 Å². The Morgan fingerprint density at radius 2 is 0.760 bits per heavy atom. The molecule has 25 heavy (non-hydrogen) atoms. The zero-order chi connectivity index (χ0) is 21.2. The standard InChI is InChI=1S/3C5H8O2.CH4O3/c3*1-3-4(2)5(6)7;2-1(3)4/h3*2-3H2,1H3,(H,6,7);1-4H. The minimum absolute atomic E-state index is 0.264. The number of carboxylic acid groups (broad SMARTS) is 3. The molecule has 0 spiro atoms. The molecule has 146 valence electrons. The molecule has 0 aromatic carbocycles. The summed E-state index contributed by atoms with van der Waals surface area (Å²) in [4.78, 5) is 29.5. The van der Waals surface area contributed by atoms with Crippen molar-refractivity contribution < 1.29 is 45.0 Å². The number of hydrogen-bond acceptors (Lipinski definition) is 6. The second-order valence-corrected chi connectivity index (χ2v) is 4.13. The van der Waals surface area contributed by atoms with Crippen LogP contribution in [0.4, 0.5) is 0 Å². The van der Waals surface area contributed by atoms with Crippen LogP contribution in [0.2, 0.25) is 0 Å². The van der Waals surface area contributed by atoms with E-state index < -0.39 is 24.4 Å². The average molecular weight is 364 g/mol. The molecule has 0 aliphatic rings.